The Morgan fingerprint density at radius 3 is 2.83 bits per heavy atom. The van der Waals surface area contributed by atoms with Crippen molar-refractivity contribution < 1.29 is 4.79 Å². The number of hydrogen-bond acceptors (Lipinski definition) is 2. The molecule has 1 heterocycles. The lowest BCUT2D eigenvalue weighted by atomic mass is 10.1. The van der Waals surface area contributed by atoms with Crippen LogP contribution in [0, 0.1) is 0 Å². The van der Waals surface area contributed by atoms with Gasteiger partial charge in [0.15, 0.2) is 0 Å². The second kappa shape index (κ2) is 6.98. The van der Waals surface area contributed by atoms with Crippen molar-refractivity contribution in [1.29, 1.82) is 0 Å². The summed E-state index contributed by atoms with van der Waals surface area (Å²) in [6.45, 7) is 1.49. The van der Waals surface area contributed by atoms with Crippen molar-refractivity contribution in [3.63, 3.8) is 0 Å². The van der Waals surface area contributed by atoms with E-state index in [4.69, 9.17) is 17.3 Å². The van der Waals surface area contributed by atoms with Crippen molar-refractivity contribution >= 4 is 29.9 Å². The van der Waals surface area contributed by atoms with Gasteiger partial charge in [0.1, 0.15) is 0 Å². The zero-order valence-electron chi connectivity index (χ0n) is 10.1. The van der Waals surface area contributed by atoms with Crippen LogP contribution >= 0.6 is 24.0 Å². The third-order valence-corrected chi connectivity index (χ3v) is 3.48. The largest absolute Gasteiger partial charge is 0.341 e. The van der Waals surface area contributed by atoms with E-state index in [1.807, 2.05) is 29.2 Å². The van der Waals surface area contributed by atoms with Crippen LogP contribution < -0.4 is 5.73 Å². The molecule has 18 heavy (non-hydrogen) atoms. The minimum Gasteiger partial charge on any atom is -0.341 e. The third kappa shape index (κ3) is 3.87. The van der Waals surface area contributed by atoms with E-state index >= 15 is 0 Å². The van der Waals surface area contributed by atoms with Gasteiger partial charge in [-0.2, -0.15) is 0 Å². The number of piperidine rings is 1. The summed E-state index contributed by atoms with van der Waals surface area (Å²) in [5, 5.41) is 0.655. The molecule has 1 atom stereocenters. The van der Waals surface area contributed by atoms with Gasteiger partial charge in [-0.1, -0.05) is 29.8 Å². The molecule has 1 aromatic carbocycles. The predicted molar refractivity (Wildman–Crippen MR) is 76.2 cm³/mol. The van der Waals surface area contributed by atoms with Crippen molar-refractivity contribution in [2.75, 3.05) is 13.1 Å². The Morgan fingerprint density at radius 1 is 1.44 bits per heavy atom. The number of carbonyl (C=O) groups is 1. The minimum absolute atomic E-state index is 0. The van der Waals surface area contributed by atoms with Gasteiger partial charge in [0.2, 0.25) is 5.91 Å². The lowest BCUT2D eigenvalue weighted by Gasteiger charge is -2.30. The fourth-order valence-electron chi connectivity index (χ4n) is 2.15. The molecule has 1 aliphatic rings. The third-order valence-electron chi connectivity index (χ3n) is 3.11. The molecule has 0 spiro atoms. The van der Waals surface area contributed by atoms with Gasteiger partial charge in [-0.3, -0.25) is 4.79 Å². The van der Waals surface area contributed by atoms with Gasteiger partial charge < -0.3 is 10.6 Å². The molecule has 5 heteroatoms. The summed E-state index contributed by atoms with van der Waals surface area (Å²) in [6, 6.07) is 7.60. The number of carbonyl (C=O) groups excluding carboxylic acids is 1. The fraction of sp³-hybridized carbons (Fsp3) is 0.462. The number of amides is 1. The maximum Gasteiger partial charge on any atom is 0.227 e. The molecule has 1 saturated heterocycles. The van der Waals surface area contributed by atoms with Crippen LogP contribution in [0.15, 0.2) is 24.3 Å². The van der Waals surface area contributed by atoms with Gasteiger partial charge in [0.25, 0.3) is 0 Å². The first-order chi connectivity index (χ1) is 8.16. The van der Waals surface area contributed by atoms with E-state index < -0.39 is 0 Å². The zero-order chi connectivity index (χ0) is 12.3. The van der Waals surface area contributed by atoms with Gasteiger partial charge in [-0.25, -0.2) is 0 Å². The van der Waals surface area contributed by atoms with E-state index in [0.717, 1.165) is 24.9 Å². The lowest BCUT2D eigenvalue weighted by Crippen LogP contribution is -2.46. The Hall–Kier alpha value is -0.770. The Labute approximate surface area is 119 Å². The molecule has 0 bridgehead atoms. The van der Waals surface area contributed by atoms with Crippen molar-refractivity contribution in [2.45, 2.75) is 25.3 Å². The highest BCUT2D eigenvalue weighted by Gasteiger charge is 2.21. The van der Waals surface area contributed by atoms with Crippen molar-refractivity contribution in [3.05, 3.63) is 34.9 Å². The topological polar surface area (TPSA) is 46.3 Å². The van der Waals surface area contributed by atoms with E-state index in [0.29, 0.717) is 18.0 Å². The van der Waals surface area contributed by atoms with E-state index in [1.165, 1.54) is 0 Å². The second-order valence-corrected chi connectivity index (χ2v) is 4.92. The Morgan fingerprint density at radius 2 is 2.17 bits per heavy atom. The molecule has 0 radical (unpaired) electrons. The van der Waals surface area contributed by atoms with Crippen molar-refractivity contribution in [1.82, 2.24) is 4.90 Å². The van der Waals surface area contributed by atoms with E-state index in [2.05, 4.69) is 0 Å². The maximum absolute atomic E-state index is 12.1. The second-order valence-electron chi connectivity index (χ2n) is 4.51. The van der Waals surface area contributed by atoms with E-state index in [9.17, 15) is 4.79 Å². The molecular formula is C13H18Cl2N2O. The fourth-order valence-corrected chi connectivity index (χ4v) is 2.36. The predicted octanol–water partition coefficient (Wildman–Crippen LogP) is 2.25. The number of hydrogen-bond donors (Lipinski definition) is 1. The average Bonchev–Trinajstić information content (AvgIpc) is 2.32. The normalized spacial score (nSPS) is 19.2. The van der Waals surface area contributed by atoms with Crippen LogP contribution in [-0.2, 0) is 11.2 Å². The highest BCUT2D eigenvalue weighted by atomic mass is 35.5. The molecule has 1 aromatic rings. The molecule has 1 aliphatic heterocycles. The summed E-state index contributed by atoms with van der Waals surface area (Å²) in [7, 11) is 0. The number of likely N-dealkylation sites (tertiary alicyclic amines) is 1. The molecule has 1 fully saturated rings. The quantitative estimate of drug-likeness (QED) is 0.907. The van der Waals surface area contributed by atoms with Crippen molar-refractivity contribution in [3.8, 4) is 0 Å². The Kier molecular flexibility index (Phi) is 5.93. The lowest BCUT2D eigenvalue weighted by molar-refractivity contribution is -0.131. The van der Waals surface area contributed by atoms with E-state index in [-0.39, 0.29) is 24.4 Å². The SMILES string of the molecule is Cl.NC1CCCN(C(=O)Cc2ccccc2Cl)C1. The highest BCUT2D eigenvalue weighted by Crippen LogP contribution is 2.17. The van der Waals surface area contributed by atoms with Crippen molar-refractivity contribution in [2.24, 2.45) is 5.73 Å². The van der Waals surface area contributed by atoms with Crippen LogP contribution in [0.4, 0.5) is 0 Å². The van der Waals surface area contributed by atoms with Gasteiger partial charge >= 0.3 is 0 Å². The van der Waals surface area contributed by atoms with Crippen LogP contribution in [0.25, 0.3) is 0 Å². The summed E-state index contributed by atoms with van der Waals surface area (Å²) in [5.74, 6) is 0.119. The summed E-state index contributed by atoms with van der Waals surface area (Å²) < 4.78 is 0. The summed E-state index contributed by atoms with van der Waals surface area (Å²) in [5.41, 5.74) is 6.75. The van der Waals surface area contributed by atoms with Gasteiger partial charge in [-0.15, -0.1) is 12.4 Å². The number of benzene rings is 1. The maximum atomic E-state index is 12.1. The molecule has 1 unspecified atom stereocenters. The van der Waals surface area contributed by atoms with Gasteiger partial charge in [0.05, 0.1) is 6.42 Å². The first kappa shape index (κ1) is 15.3. The highest BCUT2D eigenvalue weighted by molar-refractivity contribution is 6.31. The van der Waals surface area contributed by atoms with Crippen LogP contribution in [0.2, 0.25) is 5.02 Å². The molecule has 0 aromatic heterocycles. The van der Waals surface area contributed by atoms with Crippen LogP contribution in [0.1, 0.15) is 18.4 Å². The van der Waals surface area contributed by atoms with Crippen LogP contribution in [0.3, 0.4) is 0 Å². The van der Waals surface area contributed by atoms with Crippen LogP contribution in [0.5, 0.6) is 0 Å². The molecule has 2 N–H and O–H groups in total. The summed E-state index contributed by atoms with van der Waals surface area (Å²) in [4.78, 5) is 13.9. The number of rotatable bonds is 2. The van der Waals surface area contributed by atoms with Crippen LogP contribution in [-0.4, -0.2) is 29.9 Å². The summed E-state index contributed by atoms with van der Waals surface area (Å²) in [6.07, 6.45) is 2.37. The standard InChI is InChI=1S/C13H17ClN2O.ClH/c14-12-6-2-1-4-10(12)8-13(17)16-7-3-5-11(15)9-16;/h1-2,4,6,11H,3,5,7-9,15H2;1H. The first-order valence-electron chi connectivity index (χ1n) is 5.93. The van der Waals surface area contributed by atoms with E-state index in [1.54, 1.807) is 0 Å². The Bertz CT molecular complexity index is 412. The first-order valence-corrected chi connectivity index (χ1v) is 6.31. The smallest absolute Gasteiger partial charge is 0.227 e. The molecule has 1 amide bonds. The average molecular weight is 289 g/mol. The number of nitrogens with two attached hydrogens (primary N) is 1. The minimum atomic E-state index is 0. The molecule has 0 saturated carbocycles. The summed E-state index contributed by atoms with van der Waals surface area (Å²) >= 11 is 6.04. The molecular weight excluding hydrogens is 271 g/mol. The monoisotopic (exact) mass is 288 g/mol. The Balaban J connectivity index is 0.00000162. The molecule has 2 rings (SSSR count). The number of halogens is 2. The van der Waals surface area contributed by atoms with Gasteiger partial charge in [-0.05, 0) is 24.5 Å². The molecule has 100 valence electrons. The number of nitrogens with zero attached hydrogens (tertiary/aromatic N) is 1. The molecule has 3 nitrogen and oxygen atoms in total. The zero-order valence-corrected chi connectivity index (χ0v) is 11.7. The molecule has 0 aliphatic carbocycles. The van der Waals surface area contributed by atoms with Gasteiger partial charge in [0, 0.05) is 24.2 Å².